The van der Waals surface area contributed by atoms with Crippen LogP contribution < -0.4 is 5.73 Å². The van der Waals surface area contributed by atoms with Gasteiger partial charge in [0.05, 0.1) is 17.9 Å². The van der Waals surface area contributed by atoms with E-state index in [9.17, 15) is 4.39 Å². The number of nitrogens with two attached hydrogens (primary N) is 1. The van der Waals surface area contributed by atoms with Crippen molar-refractivity contribution >= 4 is 0 Å². The second-order valence-corrected chi connectivity index (χ2v) is 5.98. The van der Waals surface area contributed by atoms with E-state index in [0.717, 1.165) is 24.8 Å². The fourth-order valence-electron chi connectivity index (χ4n) is 2.58. The largest absolute Gasteiger partial charge is 0.322 e. The lowest BCUT2D eigenvalue weighted by Gasteiger charge is -2.28. The van der Waals surface area contributed by atoms with Gasteiger partial charge in [0.25, 0.3) is 0 Å². The van der Waals surface area contributed by atoms with E-state index < -0.39 is 0 Å². The molecule has 2 N–H and O–H groups in total. The van der Waals surface area contributed by atoms with Gasteiger partial charge in [0, 0.05) is 12.6 Å². The summed E-state index contributed by atoms with van der Waals surface area (Å²) < 4.78 is 12.9. The van der Waals surface area contributed by atoms with E-state index >= 15 is 0 Å². The zero-order chi connectivity index (χ0) is 14.5. The first-order chi connectivity index (χ1) is 9.61. The van der Waals surface area contributed by atoms with Crippen molar-refractivity contribution in [3.05, 3.63) is 29.8 Å². The molecule has 0 aromatic carbocycles. The first-order valence-electron chi connectivity index (χ1n) is 7.73. The van der Waals surface area contributed by atoms with Crippen LogP contribution >= 0.6 is 0 Å². The molecule has 20 heavy (non-hydrogen) atoms. The van der Waals surface area contributed by atoms with Crippen LogP contribution in [-0.4, -0.2) is 29.0 Å². The van der Waals surface area contributed by atoms with E-state index in [2.05, 4.69) is 23.7 Å². The Morgan fingerprint density at radius 1 is 1.45 bits per heavy atom. The second-order valence-electron chi connectivity index (χ2n) is 5.98. The van der Waals surface area contributed by atoms with E-state index in [1.807, 2.05) is 0 Å². The molecule has 0 spiro atoms. The zero-order valence-electron chi connectivity index (χ0n) is 12.6. The molecule has 1 fully saturated rings. The van der Waals surface area contributed by atoms with Gasteiger partial charge < -0.3 is 10.6 Å². The van der Waals surface area contributed by atoms with Crippen molar-refractivity contribution in [2.75, 3.05) is 13.1 Å². The van der Waals surface area contributed by atoms with Crippen LogP contribution in [0.5, 0.6) is 0 Å². The second kappa shape index (κ2) is 7.14. The molecule has 0 saturated heterocycles. The predicted octanol–water partition coefficient (Wildman–Crippen LogP) is 3.12. The Balaban J connectivity index is 1.91. The maximum Gasteiger partial charge on any atom is 0.141 e. The first-order valence-corrected chi connectivity index (χ1v) is 7.73. The van der Waals surface area contributed by atoms with Gasteiger partial charge >= 0.3 is 0 Å². The molecule has 4 heteroatoms. The summed E-state index contributed by atoms with van der Waals surface area (Å²) in [6.45, 7) is 6.56. The Morgan fingerprint density at radius 3 is 2.75 bits per heavy atom. The third kappa shape index (κ3) is 4.25. The quantitative estimate of drug-likeness (QED) is 0.795. The fourth-order valence-corrected chi connectivity index (χ4v) is 2.58. The summed E-state index contributed by atoms with van der Waals surface area (Å²) in [5.74, 6) is 0.0153. The van der Waals surface area contributed by atoms with E-state index in [-0.39, 0.29) is 11.9 Å². The number of unbranched alkanes of at least 4 members (excludes halogenated alkanes) is 1. The third-order valence-electron chi connectivity index (χ3n) is 4.09. The van der Waals surface area contributed by atoms with Crippen LogP contribution in [0, 0.1) is 11.7 Å². The van der Waals surface area contributed by atoms with Gasteiger partial charge in [-0.05, 0) is 43.9 Å². The van der Waals surface area contributed by atoms with Gasteiger partial charge in [-0.3, -0.25) is 4.98 Å². The van der Waals surface area contributed by atoms with Crippen LogP contribution in [0.3, 0.4) is 0 Å². The summed E-state index contributed by atoms with van der Waals surface area (Å²) >= 11 is 0. The molecular weight excluding hydrogens is 253 g/mol. The minimum absolute atomic E-state index is 0.126. The maximum absolute atomic E-state index is 12.9. The lowest BCUT2D eigenvalue weighted by molar-refractivity contribution is 0.209. The van der Waals surface area contributed by atoms with Crippen molar-refractivity contribution in [3.63, 3.8) is 0 Å². The molecular formula is C16H26FN3. The molecule has 0 aliphatic heterocycles. The van der Waals surface area contributed by atoms with Crippen molar-refractivity contribution in [2.24, 2.45) is 11.7 Å². The van der Waals surface area contributed by atoms with Gasteiger partial charge in [0.1, 0.15) is 5.82 Å². The SMILES string of the molecule is CCCCN(CC(C)C(N)c1ccc(F)cn1)C1CC1. The lowest BCUT2D eigenvalue weighted by atomic mass is 9.98. The summed E-state index contributed by atoms with van der Waals surface area (Å²) in [6.07, 6.45) is 6.36. The van der Waals surface area contributed by atoms with Crippen LogP contribution in [0.4, 0.5) is 4.39 Å². The molecule has 1 aliphatic carbocycles. The standard InChI is InChI=1S/C16H26FN3/c1-3-4-9-20(14-6-7-14)11-12(2)16(18)15-8-5-13(17)10-19-15/h5,8,10,12,14,16H,3-4,6-7,9,11,18H2,1-2H3. The van der Waals surface area contributed by atoms with Gasteiger partial charge in [-0.15, -0.1) is 0 Å². The summed E-state index contributed by atoms with van der Waals surface area (Å²) in [5.41, 5.74) is 7.06. The maximum atomic E-state index is 12.9. The molecule has 1 aromatic rings. The van der Waals surface area contributed by atoms with E-state index in [4.69, 9.17) is 5.73 Å². The summed E-state index contributed by atoms with van der Waals surface area (Å²) in [7, 11) is 0. The number of halogens is 1. The Bertz CT molecular complexity index is 403. The number of hydrogen-bond acceptors (Lipinski definition) is 3. The van der Waals surface area contributed by atoms with Gasteiger partial charge in [0.2, 0.25) is 0 Å². The van der Waals surface area contributed by atoms with E-state index in [1.54, 1.807) is 6.07 Å². The number of pyridine rings is 1. The molecule has 1 aliphatic rings. The highest BCUT2D eigenvalue weighted by Crippen LogP contribution is 2.29. The molecule has 0 radical (unpaired) electrons. The highest BCUT2D eigenvalue weighted by molar-refractivity contribution is 5.10. The van der Waals surface area contributed by atoms with E-state index in [0.29, 0.717) is 5.92 Å². The smallest absolute Gasteiger partial charge is 0.141 e. The molecule has 2 rings (SSSR count). The highest BCUT2D eigenvalue weighted by Gasteiger charge is 2.30. The summed E-state index contributed by atoms with van der Waals surface area (Å²) in [6, 6.07) is 3.77. The molecule has 0 bridgehead atoms. The number of aromatic nitrogens is 1. The molecule has 0 amide bonds. The number of nitrogens with zero attached hydrogens (tertiary/aromatic N) is 2. The number of hydrogen-bond donors (Lipinski definition) is 1. The van der Waals surface area contributed by atoms with Gasteiger partial charge in [0.15, 0.2) is 0 Å². The van der Waals surface area contributed by atoms with Crippen molar-refractivity contribution in [1.29, 1.82) is 0 Å². The van der Waals surface area contributed by atoms with Crippen molar-refractivity contribution < 1.29 is 4.39 Å². The highest BCUT2D eigenvalue weighted by atomic mass is 19.1. The Kier molecular flexibility index (Phi) is 5.49. The predicted molar refractivity (Wildman–Crippen MR) is 79.8 cm³/mol. The Morgan fingerprint density at radius 2 is 2.20 bits per heavy atom. The average Bonchev–Trinajstić information content (AvgIpc) is 3.27. The zero-order valence-corrected chi connectivity index (χ0v) is 12.6. The van der Waals surface area contributed by atoms with Crippen molar-refractivity contribution in [2.45, 2.75) is 51.6 Å². The van der Waals surface area contributed by atoms with Crippen molar-refractivity contribution in [3.8, 4) is 0 Å². The summed E-state index contributed by atoms with van der Waals surface area (Å²) in [4.78, 5) is 6.68. The molecule has 3 nitrogen and oxygen atoms in total. The normalized spacial score (nSPS) is 18.2. The molecule has 1 aromatic heterocycles. The summed E-state index contributed by atoms with van der Waals surface area (Å²) in [5, 5.41) is 0. The topological polar surface area (TPSA) is 42.1 Å². The minimum Gasteiger partial charge on any atom is -0.322 e. The molecule has 2 atom stereocenters. The fraction of sp³-hybridized carbons (Fsp3) is 0.688. The van der Waals surface area contributed by atoms with Crippen LogP contribution in [0.1, 0.15) is 51.3 Å². The van der Waals surface area contributed by atoms with Crippen LogP contribution in [0.25, 0.3) is 0 Å². The third-order valence-corrected chi connectivity index (χ3v) is 4.09. The lowest BCUT2D eigenvalue weighted by Crippen LogP contribution is -2.36. The van der Waals surface area contributed by atoms with Crippen LogP contribution in [0.2, 0.25) is 0 Å². The molecule has 1 saturated carbocycles. The minimum atomic E-state index is -0.309. The van der Waals surface area contributed by atoms with Crippen LogP contribution in [-0.2, 0) is 0 Å². The molecule has 112 valence electrons. The van der Waals surface area contributed by atoms with Crippen molar-refractivity contribution in [1.82, 2.24) is 9.88 Å². The van der Waals surface area contributed by atoms with Gasteiger partial charge in [-0.25, -0.2) is 4.39 Å². The monoisotopic (exact) mass is 279 g/mol. The number of rotatable bonds is 8. The molecule has 1 heterocycles. The van der Waals surface area contributed by atoms with E-state index in [1.165, 1.54) is 37.9 Å². The average molecular weight is 279 g/mol. The van der Waals surface area contributed by atoms with Gasteiger partial charge in [-0.1, -0.05) is 20.3 Å². The molecule has 2 unspecified atom stereocenters. The van der Waals surface area contributed by atoms with Crippen LogP contribution in [0.15, 0.2) is 18.3 Å². The Hall–Kier alpha value is -1.00. The first kappa shape index (κ1) is 15.4. The van der Waals surface area contributed by atoms with Gasteiger partial charge in [-0.2, -0.15) is 0 Å². The Labute approximate surface area is 121 Å².